The number of halogens is 1. The number of nitrogens with one attached hydrogen (secondary N) is 1. The number of carbonyl (C=O) groups excluding carboxylic acids is 2. The maximum atomic E-state index is 12.1. The molecular weight excluding hydrogens is 304 g/mol. The number of aliphatic hydroxyl groups excluding tert-OH is 1. The second-order valence-electron chi connectivity index (χ2n) is 5.05. The van der Waals surface area contributed by atoms with Crippen LogP contribution in [0, 0.1) is 0 Å². The van der Waals surface area contributed by atoms with Gasteiger partial charge in [-0.2, -0.15) is 0 Å². The fourth-order valence-corrected chi connectivity index (χ4v) is 2.14. The van der Waals surface area contributed by atoms with Crippen molar-refractivity contribution < 1.29 is 14.7 Å². The minimum Gasteiger partial charge on any atom is -0.396 e. The standard InChI is InChI=1S/C16H23ClN2O3/c1-3-15(21)19(11-13-5-7-14(17)8-6-13)12(2)16(22)18-9-4-10-20/h5-8,12,20H,3-4,9-11H2,1-2H3,(H,18,22). The molecule has 0 heterocycles. The number of hydrogen-bond acceptors (Lipinski definition) is 3. The molecule has 0 bridgehead atoms. The normalized spacial score (nSPS) is 11.8. The molecule has 1 unspecified atom stereocenters. The highest BCUT2D eigenvalue weighted by Gasteiger charge is 2.24. The average Bonchev–Trinajstić information content (AvgIpc) is 2.53. The highest BCUT2D eigenvalue weighted by atomic mass is 35.5. The summed E-state index contributed by atoms with van der Waals surface area (Å²) in [6.07, 6.45) is 0.833. The van der Waals surface area contributed by atoms with Crippen molar-refractivity contribution in [3.8, 4) is 0 Å². The molecular formula is C16H23ClN2O3. The Morgan fingerprint density at radius 3 is 2.50 bits per heavy atom. The van der Waals surface area contributed by atoms with Gasteiger partial charge in [0.2, 0.25) is 11.8 Å². The second-order valence-corrected chi connectivity index (χ2v) is 5.48. The molecule has 122 valence electrons. The monoisotopic (exact) mass is 326 g/mol. The molecule has 0 saturated carbocycles. The molecule has 2 N–H and O–H groups in total. The first-order valence-electron chi connectivity index (χ1n) is 7.42. The molecule has 0 aromatic heterocycles. The fourth-order valence-electron chi connectivity index (χ4n) is 2.01. The van der Waals surface area contributed by atoms with E-state index < -0.39 is 6.04 Å². The van der Waals surface area contributed by atoms with Gasteiger partial charge in [-0.3, -0.25) is 9.59 Å². The number of aliphatic hydroxyl groups is 1. The quantitative estimate of drug-likeness (QED) is 0.718. The smallest absolute Gasteiger partial charge is 0.242 e. The zero-order chi connectivity index (χ0) is 16.5. The van der Waals surface area contributed by atoms with Gasteiger partial charge in [0.25, 0.3) is 0 Å². The van der Waals surface area contributed by atoms with Crippen LogP contribution >= 0.6 is 11.6 Å². The van der Waals surface area contributed by atoms with Crippen LogP contribution in [0.5, 0.6) is 0 Å². The molecule has 0 saturated heterocycles. The Morgan fingerprint density at radius 2 is 1.95 bits per heavy atom. The predicted octanol–water partition coefficient (Wildman–Crippen LogP) is 1.97. The van der Waals surface area contributed by atoms with E-state index in [0.717, 1.165) is 5.56 Å². The summed E-state index contributed by atoms with van der Waals surface area (Å²) in [6, 6.07) is 6.64. The highest BCUT2D eigenvalue weighted by Crippen LogP contribution is 2.14. The first kappa shape index (κ1) is 18.5. The van der Waals surface area contributed by atoms with Crippen LogP contribution in [-0.2, 0) is 16.1 Å². The third-order valence-corrected chi connectivity index (χ3v) is 3.62. The van der Waals surface area contributed by atoms with Gasteiger partial charge in [0.15, 0.2) is 0 Å². The summed E-state index contributed by atoms with van der Waals surface area (Å²) in [6.45, 7) is 4.26. The van der Waals surface area contributed by atoms with Crippen molar-refractivity contribution in [2.75, 3.05) is 13.2 Å². The number of carbonyl (C=O) groups is 2. The molecule has 0 spiro atoms. The highest BCUT2D eigenvalue weighted by molar-refractivity contribution is 6.30. The topological polar surface area (TPSA) is 69.6 Å². The van der Waals surface area contributed by atoms with Gasteiger partial charge >= 0.3 is 0 Å². The van der Waals surface area contributed by atoms with E-state index in [1.54, 1.807) is 30.9 Å². The Labute approximate surface area is 136 Å². The van der Waals surface area contributed by atoms with E-state index in [-0.39, 0.29) is 18.4 Å². The molecule has 0 radical (unpaired) electrons. The summed E-state index contributed by atoms with van der Waals surface area (Å²) in [5, 5.41) is 12.1. The van der Waals surface area contributed by atoms with Crippen LogP contribution in [0.25, 0.3) is 0 Å². The lowest BCUT2D eigenvalue weighted by molar-refractivity contribution is -0.140. The molecule has 22 heavy (non-hydrogen) atoms. The Kier molecular flexibility index (Phi) is 7.91. The van der Waals surface area contributed by atoms with Gasteiger partial charge < -0.3 is 15.3 Å². The van der Waals surface area contributed by atoms with Crippen LogP contribution in [0.1, 0.15) is 32.3 Å². The van der Waals surface area contributed by atoms with Crippen molar-refractivity contribution in [3.05, 3.63) is 34.9 Å². The van der Waals surface area contributed by atoms with E-state index in [2.05, 4.69) is 5.32 Å². The maximum absolute atomic E-state index is 12.1. The van der Waals surface area contributed by atoms with Gasteiger partial charge in [-0.05, 0) is 31.0 Å². The molecule has 1 aromatic rings. The van der Waals surface area contributed by atoms with Crippen molar-refractivity contribution in [1.82, 2.24) is 10.2 Å². The van der Waals surface area contributed by atoms with Crippen LogP contribution in [0.3, 0.4) is 0 Å². The summed E-state index contributed by atoms with van der Waals surface area (Å²) in [4.78, 5) is 25.8. The minimum absolute atomic E-state index is 0.0248. The lowest BCUT2D eigenvalue weighted by Gasteiger charge is -2.28. The molecule has 0 fully saturated rings. The van der Waals surface area contributed by atoms with Crippen LogP contribution in [-0.4, -0.2) is 41.0 Å². The summed E-state index contributed by atoms with van der Waals surface area (Å²) >= 11 is 5.86. The molecule has 2 amide bonds. The first-order valence-corrected chi connectivity index (χ1v) is 7.79. The molecule has 0 aliphatic heterocycles. The molecule has 0 aliphatic rings. The van der Waals surface area contributed by atoms with Gasteiger partial charge in [0, 0.05) is 31.1 Å². The number of amides is 2. The Morgan fingerprint density at radius 1 is 1.32 bits per heavy atom. The summed E-state index contributed by atoms with van der Waals surface area (Å²) < 4.78 is 0. The lowest BCUT2D eigenvalue weighted by Crippen LogP contribution is -2.47. The molecule has 1 rings (SSSR count). The molecule has 6 heteroatoms. The SMILES string of the molecule is CCC(=O)N(Cc1ccc(Cl)cc1)C(C)C(=O)NCCCO. The molecule has 1 aromatic carbocycles. The zero-order valence-corrected chi connectivity index (χ0v) is 13.8. The predicted molar refractivity (Wildman–Crippen MR) is 86.5 cm³/mol. The van der Waals surface area contributed by atoms with E-state index in [0.29, 0.717) is 31.0 Å². The third-order valence-electron chi connectivity index (χ3n) is 3.37. The summed E-state index contributed by atoms with van der Waals surface area (Å²) in [7, 11) is 0. The fraction of sp³-hybridized carbons (Fsp3) is 0.500. The van der Waals surface area contributed by atoms with E-state index in [9.17, 15) is 9.59 Å². The largest absolute Gasteiger partial charge is 0.396 e. The third kappa shape index (κ3) is 5.66. The maximum Gasteiger partial charge on any atom is 0.242 e. The number of benzene rings is 1. The van der Waals surface area contributed by atoms with Crippen molar-refractivity contribution in [2.24, 2.45) is 0 Å². The Balaban J connectivity index is 2.76. The molecule has 1 atom stereocenters. The average molecular weight is 327 g/mol. The number of rotatable bonds is 8. The summed E-state index contributed by atoms with van der Waals surface area (Å²) in [5.41, 5.74) is 0.918. The van der Waals surface area contributed by atoms with E-state index in [4.69, 9.17) is 16.7 Å². The van der Waals surface area contributed by atoms with Crippen molar-refractivity contribution in [1.29, 1.82) is 0 Å². The van der Waals surface area contributed by atoms with Gasteiger partial charge in [-0.25, -0.2) is 0 Å². The molecule has 5 nitrogen and oxygen atoms in total. The molecule has 0 aliphatic carbocycles. The first-order chi connectivity index (χ1) is 10.5. The number of hydrogen-bond donors (Lipinski definition) is 2. The van der Waals surface area contributed by atoms with Crippen molar-refractivity contribution in [3.63, 3.8) is 0 Å². The second kappa shape index (κ2) is 9.43. The Hall–Kier alpha value is -1.59. The van der Waals surface area contributed by atoms with Crippen LogP contribution in [0.4, 0.5) is 0 Å². The number of nitrogens with zero attached hydrogens (tertiary/aromatic N) is 1. The van der Waals surface area contributed by atoms with Crippen LogP contribution < -0.4 is 5.32 Å². The Bertz CT molecular complexity index is 491. The zero-order valence-electron chi connectivity index (χ0n) is 13.0. The van der Waals surface area contributed by atoms with Gasteiger partial charge in [0.1, 0.15) is 6.04 Å². The lowest BCUT2D eigenvalue weighted by atomic mass is 10.1. The van der Waals surface area contributed by atoms with E-state index in [1.807, 2.05) is 12.1 Å². The van der Waals surface area contributed by atoms with Crippen molar-refractivity contribution in [2.45, 2.75) is 39.3 Å². The van der Waals surface area contributed by atoms with Gasteiger partial charge in [0.05, 0.1) is 0 Å². The van der Waals surface area contributed by atoms with E-state index >= 15 is 0 Å². The van der Waals surface area contributed by atoms with Gasteiger partial charge in [-0.15, -0.1) is 0 Å². The van der Waals surface area contributed by atoms with Gasteiger partial charge in [-0.1, -0.05) is 30.7 Å². The van der Waals surface area contributed by atoms with Crippen LogP contribution in [0.15, 0.2) is 24.3 Å². The van der Waals surface area contributed by atoms with Crippen molar-refractivity contribution >= 4 is 23.4 Å². The minimum atomic E-state index is -0.568. The summed E-state index contributed by atoms with van der Waals surface area (Å²) in [5.74, 6) is -0.302. The van der Waals surface area contributed by atoms with Crippen LogP contribution in [0.2, 0.25) is 5.02 Å². The van der Waals surface area contributed by atoms with E-state index in [1.165, 1.54) is 0 Å².